The van der Waals surface area contributed by atoms with Crippen LogP contribution in [0, 0.1) is 5.92 Å². The molecular formula is C20H22O7. The molecule has 7 nitrogen and oxygen atoms in total. The highest BCUT2D eigenvalue weighted by atomic mass is 16.6. The third kappa shape index (κ3) is 3.23. The highest BCUT2D eigenvalue weighted by Crippen LogP contribution is 2.42. The standard InChI is InChI=1S/C20H22O7/c1-5-10(2)18(23)26-15-8-20(4)16(22)7-13(27-20)12(9-21)6-14-17(15)11(3)19(24)25-14/h5-7,14-15,17,21H,3,8-9H2,1-2,4H3/b10-5+,12-6-/t14-,15+,17+,20-/m1/s1. The van der Waals surface area contributed by atoms with Gasteiger partial charge in [0.1, 0.15) is 18.0 Å². The monoisotopic (exact) mass is 374 g/mol. The van der Waals surface area contributed by atoms with Gasteiger partial charge in [0, 0.05) is 29.2 Å². The number of ether oxygens (including phenoxy) is 3. The first-order valence-electron chi connectivity index (χ1n) is 8.71. The lowest BCUT2D eigenvalue weighted by Crippen LogP contribution is -2.42. The molecule has 0 saturated carbocycles. The van der Waals surface area contributed by atoms with E-state index >= 15 is 0 Å². The summed E-state index contributed by atoms with van der Waals surface area (Å²) in [5.74, 6) is -1.90. The first-order chi connectivity index (χ1) is 12.7. The molecule has 1 fully saturated rings. The quantitative estimate of drug-likeness (QED) is 0.591. The van der Waals surface area contributed by atoms with Gasteiger partial charge in [-0.3, -0.25) is 4.79 Å². The minimum Gasteiger partial charge on any atom is -0.479 e. The molecule has 0 aromatic rings. The Kier molecular flexibility index (Phi) is 4.82. The first kappa shape index (κ1) is 19.1. The predicted octanol–water partition coefficient (Wildman–Crippen LogP) is 1.53. The van der Waals surface area contributed by atoms with Gasteiger partial charge in [0.15, 0.2) is 5.60 Å². The summed E-state index contributed by atoms with van der Waals surface area (Å²) in [4.78, 5) is 37.0. The van der Waals surface area contributed by atoms with Gasteiger partial charge >= 0.3 is 11.9 Å². The van der Waals surface area contributed by atoms with E-state index in [1.165, 1.54) is 12.2 Å². The summed E-state index contributed by atoms with van der Waals surface area (Å²) in [7, 11) is 0. The van der Waals surface area contributed by atoms with E-state index in [-0.39, 0.29) is 23.5 Å². The molecule has 4 atom stereocenters. The number of fused-ring (bicyclic) bond motifs is 3. The Balaban J connectivity index is 2.07. The fourth-order valence-electron chi connectivity index (χ4n) is 3.46. The highest BCUT2D eigenvalue weighted by Gasteiger charge is 2.52. The van der Waals surface area contributed by atoms with Crippen LogP contribution in [0.5, 0.6) is 0 Å². The minimum absolute atomic E-state index is 0.0257. The van der Waals surface area contributed by atoms with E-state index in [1.54, 1.807) is 26.8 Å². The Hall–Kier alpha value is -2.67. The van der Waals surface area contributed by atoms with E-state index < -0.39 is 42.3 Å². The van der Waals surface area contributed by atoms with E-state index in [2.05, 4.69) is 6.58 Å². The van der Waals surface area contributed by atoms with Gasteiger partial charge in [0.05, 0.1) is 12.5 Å². The SMILES string of the molecule is C=C1C(=O)O[C@@H]2/C=C(/CO)C3=CC(=O)[C@@](C)(C[C@H](OC(=O)/C(C)=C/C)[C@@H]12)O3. The second kappa shape index (κ2) is 6.81. The number of hydrogen-bond donors (Lipinski definition) is 1. The van der Waals surface area contributed by atoms with Gasteiger partial charge in [0.2, 0.25) is 5.78 Å². The third-order valence-corrected chi connectivity index (χ3v) is 5.24. The normalized spacial score (nSPS) is 35.0. The molecule has 0 amide bonds. The first-order valence-corrected chi connectivity index (χ1v) is 8.71. The smallest absolute Gasteiger partial charge is 0.334 e. The van der Waals surface area contributed by atoms with Crippen molar-refractivity contribution in [3.63, 3.8) is 0 Å². The predicted molar refractivity (Wildman–Crippen MR) is 94.2 cm³/mol. The Morgan fingerprint density at radius 2 is 2.19 bits per heavy atom. The minimum atomic E-state index is -1.28. The maximum atomic E-state index is 12.5. The number of hydrogen-bond acceptors (Lipinski definition) is 7. The van der Waals surface area contributed by atoms with Crippen LogP contribution in [-0.2, 0) is 28.6 Å². The molecule has 2 bridgehead atoms. The number of carbonyl (C=O) groups excluding carboxylic acids is 3. The molecule has 0 spiro atoms. The zero-order valence-electron chi connectivity index (χ0n) is 15.5. The lowest BCUT2D eigenvalue weighted by Gasteiger charge is -2.31. The van der Waals surface area contributed by atoms with Crippen LogP contribution in [0.2, 0.25) is 0 Å². The van der Waals surface area contributed by atoms with Crippen LogP contribution < -0.4 is 0 Å². The van der Waals surface area contributed by atoms with Gasteiger partial charge < -0.3 is 19.3 Å². The number of aliphatic hydroxyl groups is 1. The van der Waals surface area contributed by atoms with Crippen LogP contribution in [0.4, 0.5) is 0 Å². The second-order valence-electron chi connectivity index (χ2n) is 7.10. The Labute approximate surface area is 157 Å². The van der Waals surface area contributed by atoms with Gasteiger partial charge in [-0.05, 0) is 26.8 Å². The summed E-state index contributed by atoms with van der Waals surface area (Å²) >= 11 is 0. The second-order valence-corrected chi connectivity index (χ2v) is 7.10. The molecule has 3 aliphatic heterocycles. The molecule has 1 N–H and O–H groups in total. The van der Waals surface area contributed by atoms with Crippen LogP contribution in [0.25, 0.3) is 0 Å². The lowest BCUT2D eigenvalue weighted by molar-refractivity contribution is -0.153. The van der Waals surface area contributed by atoms with Crippen LogP contribution in [0.15, 0.2) is 47.3 Å². The van der Waals surface area contributed by atoms with Crippen molar-refractivity contribution >= 4 is 17.7 Å². The largest absolute Gasteiger partial charge is 0.479 e. The fraction of sp³-hybridized carbons (Fsp3) is 0.450. The Morgan fingerprint density at radius 3 is 2.81 bits per heavy atom. The van der Waals surface area contributed by atoms with Crippen molar-refractivity contribution < 1.29 is 33.7 Å². The number of esters is 2. The summed E-state index contributed by atoms with van der Waals surface area (Å²) in [5, 5.41) is 9.70. The van der Waals surface area contributed by atoms with Crippen molar-refractivity contribution in [1.29, 1.82) is 0 Å². The molecule has 1 saturated heterocycles. The van der Waals surface area contributed by atoms with E-state index in [4.69, 9.17) is 14.2 Å². The van der Waals surface area contributed by atoms with Crippen LogP contribution >= 0.6 is 0 Å². The van der Waals surface area contributed by atoms with Gasteiger partial charge in [-0.25, -0.2) is 9.59 Å². The molecule has 3 rings (SSSR count). The van der Waals surface area contributed by atoms with E-state index in [1.807, 2.05) is 0 Å². The molecular weight excluding hydrogens is 352 g/mol. The number of ketones is 1. The molecule has 144 valence electrons. The number of rotatable bonds is 3. The van der Waals surface area contributed by atoms with E-state index in [9.17, 15) is 19.5 Å². The van der Waals surface area contributed by atoms with Crippen molar-refractivity contribution in [2.75, 3.05) is 6.61 Å². The average molecular weight is 374 g/mol. The summed E-state index contributed by atoms with van der Waals surface area (Å²) in [6, 6.07) is 0. The number of allylic oxidation sites excluding steroid dienone is 1. The fourth-order valence-corrected chi connectivity index (χ4v) is 3.46. The summed E-state index contributed by atoms with van der Waals surface area (Å²) < 4.78 is 16.8. The molecule has 3 aliphatic rings. The molecule has 27 heavy (non-hydrogen) atoms. The number of aliphatic hydroxyl groups excluding tert-OH is 1. The molecule has 0 unspecified atom stereocenters. The molecule has 0 aromatic heterocycles. The maximum absolute atomic E-state index is 12.5. The average Bonchev–Trinajstić information content (AvgIpc) is 3.08. The number of carbonyl (C=O) groups is 3. The molecule has 3 heterocycles. The highest BCUT2D eigenvalue weighted by molar-refractivity contribution is 6.00. The van der Waals surface area contributed by atoms with E-state index in [0.29, 0.717) is 11.1 Å². The zero-order chi connectivity index (χ0) is 19.9. The molecule has 7 heteroatoms. The molecule has 0 aromatic carbocycles. The van der Waals surface area contributed by atoms with Crippen molar-refractivity contribution in [1.82, 2.24) is 0 Å². The third-order valence-electron chi connectivity index (χ3n) is 5.24. The Morgan fingerprint density at radius 1 is 1.48 bits per heavy atom. The van der Waals surface area contributed by atoms with E-state index in [0.717, 1.165) is 0 Å². The van der Waals surface area contributed by atoms with Crippen molar-refractivity contribution in [3.8, 4) is 0 Å². The van der Waals surface area contributed by atoms with Gasteiger partial charge in [-0.2, -0.15) is 0 Å². The van der Waals surface area contributed by atoms with Crippen molar-refractivity contribution in [2.24, 2.45) is 5.92 Å². The molecule has 0 aliphatic carbocycles. The van der Waals surface area contributed by atoms with Crippen molar-refractivity contribution in [2.45, 2.75) is 45.0 Å². The summed E-state index contributed by atoms with van der Waals surface area (Å²) in [6.45, 7) is 8.31. The maximum Gasteiger partial charge on any atom is 0.334 e. The van der Waals surface area contributed by atoms with Crippen molar-refractivity contribution in [3.05, 3.63) is 47.3 Å². The molecule has 0 radical (unpaired) electrons. The topological polar surface area (TPSA) is 99.1 Å². The Bertz CT molecular complexity index is 816. The zero-order valence-corrected chi connectivity index (χ0v) is 15.5. The van der Waals surface area contributed by atoms with Gasteiger partial charge in [-0.15, -0.1) is 0 Å². The van der Waals surface area contributed by atoms with Crippen LogP contribution in [-0.4, -0.2) is 47.2 Å². The van der Waals surface area contributed by atoms with Gasteiger partial charge in [0.25, 0.3) is 0 Å². The van der Waals surface area contributed by atoms with Crippen LogP contribution in [0.1, 0.15) is 27.2 Å². The van der Waals surface area contributed by atoms with Crippen LogP contribution in [0.3, 0.4) is 0 Å². The lowest BCUT2D eigenvalue weighted by atomic mass is 9.82. The summed E-state index contributed by atoms with van der Waals surface area (Å²) in [5.41, 5.74) is -0.385. The van der Waals surface area contributed by atoms with Gasteiger partial charge in [-0.1, -0.05) is 12.7 Å². The summed E-state index contributed by atoms with van der Waals surface area (Å²) in [6.07, 6.45) is 2.83.